The number of halogens is 3. The lowest BCUT2D eigenvalue weighted by Crippen LogP contribution is -2.36. The molecule has 31 heavy (non-hydrogen) atoms. The molecule has 1 aromatic heterocycles. The van der Waals surface area contributed by atoms with Gasteiger partial charge in [0, 0.05) is 17.7 Å². The highest BCUT2D eigenvalue weighted by Crippen LogP contribution is 2.22. The molecule has 166 valence electrons. The molecule has 0 spiro atoms. The van der Waals surface area contributed by atoms with Gasteiger partial charge in [-0.3, -0.25) is 0 Å². The van der Waals surface area contributed by atoms with Gasteiger partial charge in [-0.15, -0.1) is 24.0 Å². The van der Waals surface area contributed by atoms with E-state index in [1.165, 1.54) is 11.6 Å². The zero-order valence-electron chi connectivity index (χ0n) is 17.3. The molecule has 0 atom stereocenters. The number of ether oxygens (including phenoxy) is 1. The number of nitrogens with zero attached hydrogens (tertiary/aromatic N) is 2. The van der Waals surface area contributed by atoms with Gasteiger partial charge in [-0.05, 0) is 19.9 Å². The van der Waals surface area contributed by atoms with Crippen molar-refractivity contribution in [2.45, 2.75) is 33.5 Å². The molecule has 9 heteroatoms. The lowest BCUT2D eigenvalue weighted by Gasteiger charge is -2.12. The number of alkyl halides is 2. The Morgan fingerprint density at radius 3 is 2.58 bits per heavy atom. The second kappa shape index (κ2) is 12.2. The Hall–Kier alpha value is -2.69. The number of aliphatic imine (C=N–C) groups is 1. The minimum absolute atomic E-state index is 0. The number of oxazole rings is 1. The first-order chi connectivity index (χ1) is 14.5. The van der Waals surface area contributed by atoms with E-state index in [4.69, 9.17) is 4.42 Å². The molecule has 0 fully saturated rings. The Bertz CT molecular complexity index is 978. The summed E-state index contributed by atoms with van der Waals surface area (Å²) < 4.78 is 35.5. The van der Waals surface area contributed by atoms with E-state index in [1.54, 1.807) is 24.4 Å². The lowest BCUT2D eigenvalue weighted by molar-refractivity contribution is -0.0504. The molecular formula is C22H25F2IN4O2. The van der Waals surface area contributed by atoms with Crippen LogP contribution in [0.5, 0.6) is 5.75 Å². The molecule has 0 aliphatic heterocycles. The van der Waals surface area contributed by atoms with Crippen LogP contribution in [0.4, 0.5) is 8.78 Å². The number of aryl methyl sites for hydroxylation is 1. The van der Waals surface area contributed by atoms with Gasteiger partial charge in [0.15, 0.2) is 11.7 Å². The Morgan fingerprint density at radius 2 is 1.87 bits per heavy atom. The zero-order chi connectivity index (χ0) is 21.3. The average Bonchev–Trinajstić information content (AvgIpc) is 3.20. The summed E-state index contributed by atoms with van der Waals surface area (Å²) in [5.74, 6) is 1.83. The van der Waals surface area contributed by atoms with Gasteiger partial charge in [-0.1, -0.05) is 48.0 Å². The van der Waals surface area contributed by atoms with Crippen molar-refractivity contribution in [3.63, 3.8) is 0 Å². The van der Waals surface area contributed by atoms with Crippen LogP contribution in [0.25, 0.3) is 11.3 Å². The summed E-state index contributed by atoms with van der Waals surface area (Å²) in [6.07, 6.45) is 1.68. The van der Waals surface area contributed by atoms with Crippen molar-refractivity contribution in [3.05, 3.63) is 71.7 Å². The summed E-state index contributed by atoms with van der Waals surface area (Å²) in [6, 6.07) is 14.6. The summed E-state index contributed by atoms with van der Waals surface area (Å²) in [7, 11) is 0. The molecule has 0 radical (unpaired) electrons. The fraction of sp³-hybridized carbons (Fsp3) is 0.273. The van der Waals surface area contributed by atoms with Crippen molar-refractivity contribution in [2.75, 3.05) is 6.54 Å². The Kier molecular flexibility index (Phi) is 9.70. The van der Waals surface area contributed by atoms with Gasteiger partial charge >= 0.3 is 6.61 Å². The minimum Gasteiger partial charge on any atom is -0.439 e. The van der Waals surface area contributed by atoms with Gasteiger partial charge in [0.2, 0.25) is 5.89 Å². The van der Waals surface area contributed by atoms with Crippen LogP contribution in [-0.4, -0.2) is 24.1 Å². The number of hydrogen-bond acceptors (Lipinski definition) is 4. The minimum atomic E-state index is -2.88. The van der Waals surface area contributed by atoms with Gasteiger partial charge in [0.25, 0.3) is 0 Å². The molecule has 1 heterocycles. The lowest BCUT2D eigenvalue weighted by atomic mass is 10.1. The van der Waals surface area contributed by atoms with E-state index in [2.05, 4.69) is 25.3 Å². The third-order valence-corrected chi connectivity index (χ3v) is 4.24. The highest BCUT2D eigenvalue weighted by molar-refractivity contribution is 14.0. The van der Waals surface area contributed by atoms with E-state index >= 15 is 0 Å². The SMILES string of the molecule is CCNC(=NCc1ccccc1OC(F)F)NCc1ncc(-c2ccc(C)cc2)o1.I. The Labute approximate surface area is 197 Å². The van der Waals surface area contributed by atoms with Gasteiger partial charge < -0.3 is 19.8 Å². The molecule has 3 aromatic rings. The van der Waals surface area contributed by atoms with E-state index in [-0.39, 0.29) is 36.3 Å². The van der Waals surface area contributed by atoms with Crippen LogP contribution in [0.3, 0.4) is 0 Å². The van der Waals surface area contributed by atoms with Crippen LogP contribution in [0.1, 0.15) is 23.9 Å². The number of nitrogens with one attached hydrogen (secondary N) is 2. The topological polar surface area (TPSA) is 71.7 Å². The molecule has 0 bridgehead atoms. The van der Waals surface area contributed by atoms with Crippen molar-refractivity contribution >= 4 is 29.9 Å². The zero-order valence-corrected chi connectivity index (χ0v) is 19.6. The second-order valence-corrected chi connectivity index (χ2v) is 6.52. The molecule has 2 aromatic carbocycles. The molecular weight excluding hydrogens is 517 g/mol. The second-order valence-electron chi connectivity index (χ2n) is 6.52. The van der Waals surface area contributed by atoms with E-state index in [1.807, 2.05) is 38.1 Å². The fourth-order valence-corrected chi connectivity index (χ4v) is 2.75. The van der Waals surface area contributed by atoms with Crippen LogP contribution in [0.15, 0.2) is 64.1 Å². The molecule has 0 saturated heterocycles. The third kappa shape index (κ3) is 7.50. The molecule has 6 nitrogen and oxygen atoms in total. The van der Waals surface area contributed by atoms with E-state index in [0.717, 1.165) is 5.56 Å². The van der Waals surface area contributed by atoms with Crippen LogP contribution in [0.2, 0.25) is 0 Å². The maximum Gasteiger partial charge on any atom is 0.387 e. The molecule has 0 unspecified atom stereocenters. The predicted octanol–water partition coefficient (Wildman–Crippen LogP) is 5.12. The molecule has 0 aliphatic rings. The summed E-state index contributed by atoms with van der Waals surface area (Å²) in [4.78, 5) is 8.74. The van der Waals surface area contributed by atoms with Gasteiger partial charge in [-0.2, -0.15) is 8.78 Å². The monoisotopic (exact) mass is 542 g/mol. The first kappa shape index (κ1) is 24.6. The predicted molar refractivity (Wildman–Crippen MR) is 127 cm³/mol. The standard InChI is InChI=1S/C22H24F2N4O2.HI/c1-3-25-22(27-12-17-6-4-5-7-18(17)30-21(23)24)28-14-20-26-13-19(29-20)16-10-8-15(2)9-11-16;/h4-11,13,21H,3,12,14H2,1-2H3,(H2,25,27,28);1H. The number of aromatic nitrogens is 1. The van der Waals surface area contributed by atoms with Crippen LogP contribution < -0.4 is 15.4 Å². The first-order valence-corrected chi connectivity index (χ1v) is 9.61. The summed E-state index contributed by atoms with van der Waals surface area (Å²) in [5, 5.41) is 6.24. The smallest absolute Gasteiger partial charge is 0.387 e. The van der Waals surface area contributed by atoms with E-state index in [9.17, 15) is 8.78 Å². The van der Waals surface area contributed by atoms with Gasteiger partial charge in [0.05, 0.1) is 19.3 Å². The Morgan fingerprint density at radius 1 is 1.13 bits per heavy atom. The van der Waals surface area contributed by atoms with Crippen LogP contribution in [0, 0.1) is 6.92 Å². The molecule has 2 N–H and O–H groups in total. The largest absolute Gasteiger partial charge is 0.439 e. The van der Waals surface area contributed by atoms with Crippen LogP contribution >= 0.6 is 24.0 Å². The number of rotatable bonds is 8. The van der Waals surface area contributed by atoms with Crippen molar-refractivity contribution in [1.29, 1.82) is 0 Å². The van der Waals surface area contributed by atoms with Crippen LogP contribution in [-0.2, 0) is 13.1 Å². The summed E-state index contributed by atoms with van der Waals surface area (Å²) >= 11 is 0. The molecule has 0 amide bonds. The number of guanidine groups is 1. The summed E-state index contributed by atoms with van der Waals surface area (Å²) in [6.45, 7) is 2.23. The van der Waals surface area contributed by atoms with E-state index < -0.39 is 6.61 Å². The average molecular weight is 542 g/mol. The van der Waals surface area contributed by atoms with Gasteiger partial charge in [-0.25, -0.2) is 9.98 Å². The maximum absolute atomic E-state index is 12.6. The molecule has 0 saturated carbocycles. The maximum atomic E-state index is 12.6. The number of para-hydroxylation sites is 1. The number of hydrogen-bond donors (Lipinski definition) is 2. The molecule has 0 aliphatic carbocycles. The van der Waals surface area contributed by atoms with Gasteiger partial charge in [0.1, 0.15) is 5.75 Å². The highest BCUT2D eigenvalue weighted by Gasteiger charge is 2.10. The van der Waals surface area contributed by atoms with Crippen molar-refractivity contribution in [2.24, 2.45) is 4.99 Å². The highest BCUT2D eigenvalue weighted by atomic mass is 127. The first-order valence-electron chi connectivity index (χ1n) is 9.61. The Balaban J connectivity index is 0.00000341. The fourth-order valence-electron chi connectivity index (χ4n) is 2.75. The normalized spacial score (nSPS) is 11.2. The number of benzene rings is 2. The van der Waals surface area contributed by atoms with Crippen molar-refractivity contribution in [1.82, 2.24) is 15.6 Å². The van der Waals surface area contributed by atoms with Crippen molar-refractivity contribution < 1.29 is 17.9 Å². The molecule has 3 rings (SSSR count). The van der Waals surface area contributed by atoms with Crippen molar-refractivity contribution in [3.8, 4) is 17.1 Å². The summed E-state index contributed by atoms with van der Waals surface area (Å²) in [5.41, 5.74) is 2.69. The quantitative estimate of drug-likeness (QED) is 0.235. The third-order valence-electron chi connectivity index (χ3n) is 4.24. The van der Waals surface area contributed by atoms with E-state index in [0.29, 0.717) is 36.3 Å².